The standard InChI is InChI=1S/C10H22N2O.V/c1-10(2)12-7-5-11(6-8-12)4-3-9-13;/h10,13H,3-9H2,1-2H3;. The molecule has 0 spiro atoms. The molecule has 0 unspecified atom stereocenters. The van der Waals surface area contributed by atoms with Crippen molar-refractivity contribution in [3.05, 3.63) is 0 Å². The SMILES string of the molecule is CC(C)N1CCN(CCCO)CC1.[V]. The van der Waals surface area contributed by atoms with Gasteiger partial charge in [-0.05, 0) is 20.3 Å². The molecule has 1 aliphatic heterocycles. The third-order valence-corrected chi connectivity index (χ3v) is 2.77. The normalized spacial score (nSPS) is 19.7. The Hall–Kier alpha value is 0.464. The number of aliphatic hydroxyl groups is 1. The Labute approximate surface area is 99.3 Å². The van der Waals surface area contributed by atoms with Gasteiger partial charge in [0.1, 0.15) is 0 Å². The monoisotopic (exact) mass is 237 g/mol. The third kappa shape index (κ3) is 4.81. The molecular weight excluding hydrogens is 215 g/mol. The molecule has 0 bridgehead atoms. The van der Waals surface area contributed by atoms with Crippen molar-refractivity contribution in [2.45, 2.75) is 26.3 Å². The van der Waals surface area contributed by atoms with E-state index in [1.807, 2.05) is 0 Å². The van der Waals surface area contributed by atoms with Crippen molar-refractivity contribution in [3.63, 3.8) is 0 Å². The van der Waals surface area contributed by atoms with Gasteiger partial charge in [-0.2, -0.15) is 0 Å². The quantitative estimate of drug-likeness (QED) is 0.766. The fourth-order valence-electron chi connectivity index (χ4n) is 1.80. The maximum atomic E-state index is 8.70. The molecule has 0 saturated carbocycles. The summed E-state index contributed by atoms with van der Waals surface area (Å²) in [6, 6.07) is 0.681. The molecule has 1 aliphatic rings. The van der Waals surface area contributed by atoms with Gasteiger partial charge in [-0.15, -0.1) is 0 Å². The number of piperazine rings is 1. The van der Waals surface area contributed by atoms with Gasteiger partial charge in [0.15, 0.2) is 0 Å². The molecule has 0 atom stereocenters. The molecule has 1 fully saturated rings. The van der Waals surface area contributed by atoms with Gasteiger partial charge in [0.05, 0.1) is 0 Å². The fraction of sp³-hybridized carbons (Fsp3) is 1.00. The summed E-state index contributed by atoms with van der Waals surface area (Å²) in [5, 5.41) is 8.70. The summed E-state index contributed by atoms with van der Waals surface area (Å²) in [5.74, 6) is 0. The molecule has 1 rings (SSSR count). The second-order valence-corrected chi connectivity index (χ2v) is 4.05. The van der Waals surface area contributed by atoms with E-state index in [4.69, 9.17) is 5.11 Å². The zero-order valence-electron chi connectivity index (χ0n) is 9.32. The molecule has 0 amide bonds. The Bertz CT molecular complexity index is 136. The first-order valence-corrected chi connectivity index (χ1v) is 5.31. The molecule has 0 aromatic rings. The molecular formula is C10H22N2OV. The van der Waals surface area contributed by atoms with E-state index in [0.717, 1.165) is 26.1 Å². The van der Waals surface area contributed by atoms with Crippen LogP contribution in [0.2, 0.25) is 0 Å². The van der Waals surface area contributed by atoms with Gasteiger partial charge in [0.2, 0.25) is 0 Å². The Morgan fingerprint density at radius 1 is 1.14 bits per heavy atom. The smallest absolute Gasteiger partial charge is 0.0443 e. The second kappa shape index (κ2) is 7.72. The van der Waals surface area contributed by atoms with Crippen molar-refractivity contribution in [2.24, 2.45) is 0 Å². The van der Waals surface area contributed by atoms with E-state index in [9.17, 15) is 0 Å². The minimum Gasteiger partial charge on any atom is -0.396 e. The van der Waals surface area contributed by atoms with Crippen LogP contribution in [0.5, 0.6) is 0 Å². The first-order chi connectivity index (χ1) is 6.24. The van der Waals surface area contributed by atoms with E-state index in [1.54, 1.807) is 0 Å². The van der Waals surface area contributed by atoms with Crippen LogP contribution in [-0.4, -0.2) is 60.3 Å². The van der Waals surface area contributed by atoms with Crippen molar-refractivity contribution < 1.29 is 23.7 Å². The van der Waals surface area contributed by atoms with Gasteiger partial charge < -0.3 is 10.0 Å². The molecule has 0 aromatic heterocycles. The molecule has 0 aromatic carbocycles. The van der Waals surface area contributed by atoms with Crippen molar-refractivity contribution in [1.82, 2.24) is 9.80 Å². The van der Waals surface area contributed by atoms with Crippen LogP contribution in [0.3, 0.4) is 0 Å². The van der Waals surface area contributed by atoms with Crippen LogP contribution in [-0.2, 0) is 18.6 Å². The van der Waals surface area contributed by atoms with Crippen LogP contribution in [0, 0.1) is 0 Å². The molecule has 1 saturated heterocycles. The molecule has 1 radical (unpaired) electrons. The van der Waals surface area contributed by atoms with Crippen LogP contribution in [0.25, 0.3) is 0 Å². The van der Waals surface area contributed by atoms with Gasteiger partial charge >= 0.3 is 0 Å². The zero-order valence-corrected chi connectivity index (χ0v) is 10.7. The van der Waals surface area contributed by atoms with E-state index in [1.165, 1.54) is 13.1 Å². The average Bonchev–Trinajstić information content (AvgIpc) is 2.15. The molecule has 83 valence electrons. The summed E-state index contributed by atoms with van der Waals surface area (Å²) >= 11 is 0. The van der Waals surface area contributed by atoms with Crippen molar-refractivity contribution in [3.8, 4) is 0 Å². The van der Waals surface area contributed by atoms with E-state index >= 15 is 0 Å². The maximum Gasteiger partial charge on any atom is 0.0443 e. The molecule has 1 N–H and O–H groups in total. The summed E-state index contributed by atoms with van der Waals surface area (Å²) in [6.07, 6.45) is 0.918. The summed E-state index contributed by atoms with van der Waals surface area (Å²) < 4.78 is 0. The molecule has 0 aliphatic carbocycles. The minimum absolute atomic E-state index is 0. The van der Waals surface area contributed by atoms with Crippen LogP contribution in [0.15, 0.2) is 0 Å². The van der Waals surface area contributed by atoms with E-state index in [-0.39, 0.29) is 18.6 Å². The van der Waals surface area contributed by atoms with E-state index in [0.29, 0.717) is 12.6 Å². The third-order valence-electron chi connectivity index (χ3n) is 2.77. The Morgan fingerprint density at radius 3 is 2.14 bits per heavy atom. The number of hydrogen-bond acceptors (Lipinski definition) is 3. The molecule has 3 nitrogen and oxygen atoms in total. The fourth-order valence-corrected chi connectivity index (χ4v) is 1.80. The first kappa shape index (κ1) is 14.5. The maximum absolute atomic E-state index is 8.70. The Kier molecular flexibility index (Phi) is 7.97. The largest absolute Gasteiger partial charge is 0.396 e. The summed E-state index contributed by atoms with van der Waals surface area (Å²) in [5.41, 5.74) is 0. The summed E-state index contributed by atoms with van der Waals surface area (Å²) in [6.45, 7) is 10.6. The molecule has 14 heavy (non-hydrogen) atoms. The zero-order chi connectivity index (χ0) is 9.68. The van der Waals surface area contributed by atoms with E-state index in [2.05, 4.69) is 23.6 Å². The van der Waals surface area contributed by atoms with Crippen LogP contribution >= 0.6 is 0 Å². The number of hydrogen-bond donors (Lipinski definition) is 1. The van der Waals surface area contributed by atoms with Crippen molar-refractivity contribution >= 4 is 0 Å². The van der Waals surface area contributed by atoms with Gasteiger partial charge in [-0.3, -0.25) is 4.90 Å². The second-order valence-electron chi connectivity index (χ2n) is 4.05. The molecule has 1 heterocycles. The van der Waals surface area contributed by atoms with Crippen LogP contribution < -0.4 is 0 Å². The number of nitrogens with zero attached hydrogens (tertiary/aromatic N) is 2. The van der Waals surface area contributed by atoms with Crippen molar-refractivity contribution in [2.75, 3.05) is 39.3 Å². The van der Waals surface area contributed by atoms with E-state index < -0.39 is 0 Å². The van der Waals surface area contributed by atoms with Gasteiger partial charge in [-0.25, -0.2) is 0 Å². The first-order valence-electron chi connectivity index (χ1n) is 5.31. The average molecular weight is 237 g/mol. The van der Waals surface area contributed by atoms with Crippen LogP contribution in [0.4, 0.5) is 0 Å². The minimum atomic E-state index is 0. The predicted octanol–water partition coefficient (Wildman–Crippen LogP) is 0.392. The summed E-state index contributed by atoms with van der Waals surface area (Å²) in [4.78, 5) is 4.95. The molecule has 4 heteroatoms. The summed E-state index contributed by atoms with van der Waals surface area (Å²) in [7, 11) is 0. The number of aliphatic hydroxyl groups excluding tert-OH is 1. The Balaban J connectivity index is 0.00000169. The van der Waals surface area contributed by atoms with Gasteiger partial charge in [0.25, 0.3) is 0 Å². The van der Waals surface area contributed by atoms with Crippen LogP contribution in [0.1, 0.15) is 20.3 Å². The van der Waals surface area contributed by atoms with Crippen molar-refractivity contribution in [1.29, 1.82) is 0 Å². The predicted molar refractivity (Wildman–Crippen MR) is 54.9 cm³/mol. The topological polar surface area (TPSA) is 26.7 Å². The van der Waals surface area contributed by atoms with Gasteiger partial charge in [-0.1, -0.05) is 0 Å². The number of rotatable bonds is 4. The van der Waals surface area contributed by atoms with Gasteiger partial charge in [0, 0.05) is 63.9 Å². The Morgan fingerprint density at radius 2 is 1.71 bits per heavy atom.